The fourth-order valence-corrected chi connectivity index (χ4v) is 2.85. The van der Waals surface area contributed by atoms with Crippen LogP contribution in [-0.2, 0) is 23.8 Å². The van der Waals surface area contributed by atoms with Crippen molar-refractivity contribution < 1.29 is 23.8 Å². The Bertz CT molecular complexity index is 381. The Morgan fingerprint density at radius 3 is 2.82 bits per heavy atom. The molecule has 3 atom stereocenters. The van der Waals surface area contributed by atoms with Gasteiger partial charge in [0, 0.05) is 19.7 Å². The van der Waals surface area contributed by atoms with Gasteiger partial charge in [-0.2, -0.15) is 0 Å². The molecular formula is C16H27NO5. The molecule has 0 spiro atoms. The van der Waals surface area contributed by atoms with Gasteiger partial charge >= 0.3 is 5.97 Å². The fourth-order valence-electron chi connectivity index (χ4n) is 2.85. The number of carbonyl (C=O) groups excluding carboxylic acids is 2. The molecule has 2 fully saturated rings. The topological polar surface area (TPSA) is 65.1 Å². The van der Waals surface area contributed by atoms with Crippen LogP contribution < -0.4 is 0 Å². The number of carbonyl (C=O) groups is 2. The van der Waals surface area contributed by atoms with Crippen LogP contribution in [0.3, 0.4) is 0 Å². The lowest BCUT2D eigenvalue weighted by Gasteiger charge is -2.30. The van der Waals surface area contributed by atoms with E-state index in [1.165, 1.54) is 0 Å². The van der Waals surface area contributed by atoms with E-state index in [1.807, 2.05) is 0 Å². The second kappa shape index (κ2) is 8.48. The molecule has 6 nitrogen and oxygen atoms in total. The molecule has 2 aliphatic heterocycles. The van der Waals surface area contributed by atoms with Gasteiger partial charge in [0.05, 0.1) is 12.7 Å². The Morgan fingerprint density at radius 1 is 1.32 bits per heavy atom. The van der Waals surface area contributed by atoms with Gasteiger partial charge in [-0.1, -0.05) is 6.92 Å². The number of nitrogens with zero attached hydrogens (tertiary/aromatic N) is 1. The molecule has 126 valence electrons. The lowest BCUT2D eigenvalue weighted by Crippen LogP contribution is -2.42. The van der Waals surface area contributed by atoms with Gasteiger partial charge in [0.25, 0.3) is 5.91 Å². The third kappa shape index (κ3) is 5.25. The van der Waals surface area contributed by atoms with Crippen LogP contribution in [-0.4, -0.2) is 61.9 Å². The van der Waals surface area contributed by atoms with Gasteiger partial charge in [-0.25, -0.2) is 4.79 Å². The molecule has 2 heterocycles. The van der Waals surface area contributed by atoms with Crippen molar-refractivity contribution in [3.05, 3.63) is 0 Å². The van der Waals surface area contributed by atoms with Gasteiger partial charge < -0.3 is 19.1 Å². The maximum absolute atomic E-state index is 12.0. The fraction of sp³-hybridized carbons (Fsp3) is 0.875. The third-order valence-corrected chi connectivity index (χ3v) is 4.24. The molecule has 6 heteroatoms. The highest BCUT2D eigenvalue weighted by Crippen LogP contribution is 2.16. The molecule has 0 saturated carbocycles. The Kier molecular flexibility index (Phi) is 6.64. The summed E-state index contributed by atoms with van der Waals surface area (Å²) < 4.78 is 16.0. The van der Waals surface area contributed by atoms with Crippen LogP contribution >= 0.6 is 0 Å². The first-order valence-corrected chi connectivity index (χ1v) is 8.24. The number of piperidine rings is 1. The maximum atomic E-state index is 12.0. The molecule has 2 saturated heterocycles. The Labute approximate surface area is 132 Å². The van der Waals surface area contributed by atoms with Crippen LogP contribution in [0, 0.1) is 5.92 Å². The number of hydrogen-bond donors (Lipinski definition) is 0. The van der Waals surface area contributed by atoms with E-state index in [1.54, 1.807) is 11.8 Å². The summed E-state index contributed by atoms with van der Waals surface area (Å²) in [5.74, 6) is -0.0929. The molecule has 0 aromatic carbocycles. The summed E-state index contributed by atoms with van der Waals surface area (Å²) in [5, 5.41) is 0. The van der Waals surface area contributed by atoms with Crippen LogP contribution in [0.5, 0.6) is 0 Å². The van der Waals surface area contributed by atoms with Gasteiger partial charge in [0.2, 0.25) is 0 Å². The lowest BCUT2D eigenvalue weighted by atomic mass is 10.0. The van der Waals surface area contributed by atoms with Crippen LogP contribution in [0.2, 0.25) is 0 Å². The predicted octanol–water partition coefficient (Wildman–Crippen LogP) is 1.37. The van der Waals surface area contributed by atoms with E-state index >= 15 is 0 Å². The van der Waals surface area contributed by atoms with Crippen molar-refractivity contribution in [3.8, 4) is 0 Å². The highest BCUT2D eigenvalue weighted by atomic mass is 16.6. The standard InChI is InChI=1S/C16H27NO5/c1-12-5-3-7-17(9-12)15(18)11-22-16(19)13(2)21-10-14-6-4-8-20-14/h12-14H,3-11H2,1-2H3. The van der Waals surface area contributed by atoms with Gasteiger partial charge in [-0.15, -0.1) is 0 Å². The zero-order valence-electron chi connectivity index (χ0n) is 13.6. The summed E-state index contributed by atoms with van der Waals surface area (Å²) in [6.45, 7) is 6.24. The first-order valence-electron chi connectivity index (χ1n) is 8.24. The molecule has 22 heavy (non-hydrogen) atoms. The number of esters is 1. The molecule has 0 aromatic rings. The third-order valence-electron chi connectivity index (χ3n) is 4.24. The number of rotatable bonds is 6. The summed E-state index contributed by atoms with van der Waals surface area (Å²) in [6.07, 6.45) is 3.58. The van der Waals surface area contributed by atoms with Gasteiger partial charge in [0.15, 0.2) is 12.7 Å². The summed E-state index contributed by atoms with van der Waals surface area (Å²) >= 11 is 0. The highest BCUT2D eigenvalue weighted by Gasteiger charge is 2.24. The lowest BCUT2D eigenvalue weighted by molar-refractivity contribution is -0.163. The second-order valence-corrected chi connectivity index (χ2v) is 6.31. The Hall–Kier alpha value is -1.14. The van der Waals surface area contributed by atoms with Crippen molar-refractivity contribution in [2.75, 3.05) is 32.9 Å². The minimum Gasteiger partial charge on any atom is -0.454 e. The van der Waals surface area contributed by atoms with E-state index in [2.05, 4.69) is 6.92 Å². The molecule has 2 aliphatic rings. The van der Waals surface area contributed by atoms with Crippen molar-refractivity contribution in [2.45, 2.75) is 51.7 Å². The Balaban J connectivity index is 1.64. The molecule has 0 N–H and O–H groups in total. The van der Waals surface area contributed by atoms with E-state index in [4.69, 9.17) is 14.2 Å². The van der Waals surface area contributed by atoms with Crippen LogP contribution in [0.4, 0.5) is 0 Å². The molecule has 0 aromatic heterocycles. The van der Waals surface area contributed by atoms with E-state index in [0.29, 0.717) is 12.5 Å². The zero-order valence-corrected chi connectivity index (χ0v) is 13.6. The van der Waals surface area contributed by atoms with Crippen LogP contribution in [0.1, 0.15) is 39.5 Å². The van der Waals surface area contributed by atoms with E-state index in [9.17, 15) is 9.59 Å². The normalized spacial score (nSPS) is 26.7. The molecular weight excluding hydrogens is 286 g/mol. The van der Waals surface area contributed by atoms with Crippen LogP contribution in [0.15, 0.2) is 0 Å². The van der Waals surface area contributed by atoms with E-state index in [0.717, 1.165) is 45.4 Å². The number of ether oxygens (including phenoxy) is 3. The summed E-state index contributed by atoms with van der Waals surface area (Å²) in [6, 6.07) is 0. The summed E-state index contributed by atoms with van der Waals surface area (Å²) in [4.78, 5) is 25.6. The van der Waals surface area contributed by atoms with Gasteiger partial charge in [-0.3, -0.25) is 4.79 Å². The quantitative estimate of drug-likeness (QED) is 0.693. The first-order chi connectivity index (χ1) is 10.6. The largest absolute Gasteiger partial charge is 0.454 e. The first kappa shape index (κ1) is 17.2. The van der Waals surface area contributed by atoms with Crippen molar-refractivity contribution >= 4 is 11.9 Å². The second-order valence-electron chi connectivity index (χ2n) is 6.31. The molecule has 1 amide bonds. The minimum absolute atomic E-state index is 0.0757. The van der Waals surface area contributed by atoms with Crippen molar-refractivity contribution in [3.63, 3.8) is 0 Å². The predicted molar refractivity (Wildman–Crippen MR) is 80.3 cm³/mol. The summed E-state index contributed by atoms with van der Waals surface area (Å²) in [7, 11) is 0. The average molecular weight is 313 g/mol. The average Bonchev–Trinajstić information content (AvgIpc) is 3.03. The molecule has 0 aliphatic carbocycles. The Morgan fingerprint density at radius 2 is 2.14 bits per heavy atom. The maximum Gasteiger partial charge on any atom is 0.335 e. The smallest absolute Gasteiger partial charge is 0.335 e. The monoisotopic (exact) mass is 313 g/mol. The summed E-state index contributed by atoms with van der Waals surface area (Å²) in [5.41, 5.74) is 0. The van der Waals surface area contributed by atoms with Crippen molar-refractivity contribution in [2.24, 2.45) is 5.92 Å². The number of amides is 1. The number of likely N-dealkylation sites (tertiary alicyclic amines) is 1. The van der Waals surface area contributed by atoms with Crippen molar-refractivity contribution in [1.82, 2.24) is 4.90 Å². The van der Waals surface area contributed by atoms with Crippen LogP contribution in [0.25, 0.3) is 0 Å². The highest BCUT2D eigenvalue weighted by molar-refractivity contribution is 5.82. The van der Waals surface area contributed by atoms with Gasteiger partial charge in [0.1, 0.15) is 0 Å². The van der Waals surface area contributed by atoms with Gasteiger partial charge in [-0.05, 0) is 38.5 Å². The zero-order chi connectivity index (χ0) is 15.9. The SMILES string of the molecule is CC1CCCN(C(=O)COC(=O)C(C)OCC2CCCO2)C1. The minimum atomic E-state index is -0.669. The molecule has 0 bridgehead atoms. The molecule has 2 rings (SSSR count). The number of hydrogen-bond acceptors (Lipinski definition) is 5. The molecule has 3 unspecified atom stereocenters. The molecule has 0 radical (unpaired) electrons. The van der Waals surface area contributed by atoms with Crippen molar-refractivity contribution in [1.29, 1.82) is 0 Å². The van der Waals surface area contributed by atoms with E-state index in [-0.39, 0.29) is 18.6 Å². The van der Waals surface area contributed by atoms with E-state index < -0.39 is 12.1 Å².